The van der Waals surface area contributed by atoms with E-state index in [1.807, 2.05) is 0 Å². The smallest absolute Gasteiger partial charge is 0.309 e. The molecule has 1 nitrogen and oxygen atoms in total. The van der Waals surface area contributed by atoms with Crippen molar-refractivity contribution in [2.75, 3.05) is 6.54 Å². The molecular formula is C13H15F4N. The number of halogens is 4. The highest BCUT2D eigenvalue weighted by Gasteiger charge is 2.46. The Morgan fingerprint density at radius 3 is 2.67 bits per heavy atom. The normalized spacial score (nSPS) is 25.2. The summed E-state index contributed by atoms with van der Waals surface area (Å²) in [6, 6.07) is 3.31. The average molecular weight is 261 g/mol. The molecule has 5 heteroatoms. The second-order valence-electron chi connectivity index (χ2n) is 4.75. The molecule has 0 saturated carbocycles. The van der Waals surface area contributed by atoms with Crippen LogP contribution in [0.15, 0.2) is 18.2 Å². The number of nitrogens with one attached hydrogen (secondary N) is 1. The van der Waals surface area contributed by atoms with E-state index in [0.717, 1.165) is 5.56 Å². The molecule has 18 heavy (non-hydrogen) atoms. The Morgan fingerprint density at radius 2 is 2.00 bits per heavy atom. The zero-order chi connectivity index (χ0) is 13.3. The Hall–Kier alpha value is -1.10. The van der Waals surface area contributed by atoms with E-state index in [0.29, 0.717) is 13.0 Å². The first kappa shape index (κ1) is 13.3. The van der Waals surface area contributed by atoms with Gasteiger partial charge in [0.2, 0.25) is 0 Å². The van der Waals surface area contributed by atoms with Gasteiger partial charge in [0.1, 0.15) is 5.82 Å². The van der Waals surface area contributed by atoms with Crippen LogP contribution >= 0.6 is 0 Å². The quantitative estimate of drug-likeness (QED) is 0.759. The van der Waals surface area contributed by atoms with Crippen molar-refractivity contribution in [3.63, 3.8) is 0 Å². The molecule has 2 rings (SSSR count). The summed E-state index contributed by atoms with van der Waals surface area (Å²) in [5.41, 5.74) is 0.886. The lowest BCUT2D eigenvalue weighted by atomic mass is 9.85. The van der Waals surface area contributed by atoms with E-state index in [9.17, 15) is 17.6 Å². The van der Waals surface area contributed by atoms with Crippen molar-refractivity contribution in [3.05, 3.63) is 35.1 Å². The van der Waals surface area contributed by atoms with Gasteiger partial charge in [-0.3, -0.25) is 0 Å². The van der Waals surface area contributed by atoms with E-state index in [-0.39, 0.29) is 12.0 Å². The molecular weight excluding hydrogens is 246 g/mol. The van der Waals surface area contributed by atoms with Gasteiger partial charge >= 0.3 is 6.18 Å². The van der Waals surface area contributed by atoms with E-state index in [2.05, 4.69) is 5.32 Å². The molecule has 0 aliphatic carbocycles. The van der Waals surface area contributed by atoms with Gasteiger partial charge in [0, 0.05) is 11.6 Å². The third-order valence-corrected chi connectivity index (χ3v) is 3.37. The number of benzene rings is 1. The van der Waals surface area contributed by atoms with Crippen molar-refractivity contribution < 1.29 is 17.6 Å². The van der Waals surface area contributed by atoms with Crippen molar-refractivity contribution in [1.82, 2.24) is 5.32 Å². The van der Waals surface area contributed by atoms with E-state index >= 15 is 0 Å². The van der Waals surface area contributed by atoms with Crippen LogP contribution in [-0.4, -0.2) is 12.7 Å². The van der Waals surface area contributed by atoms with E-state index in [1.54, 1.807) is 13.0 Å². The van der Waals surface area contributed by atoms with Crippen LogP contribution in [0, 0.1) is 18.7 Å². The number of aryl methyl sites for hydroxylation is 1. The number of alkyl halides is 3. The maximum Gasteiger partial charge on any atom is 0.393 e. The number of piperidine rings is 1. The van der Waals surface area contributed by atoms with Crippen molar-refractivity contribution in [2.24, 2.45) is 5.92 Å². The summed E-state index contributed by atoms with van der Waals surface area (Å²) in [6.45, 7) is 2.24. The van der Waals surface area contributed by atoms with Gasteiger partial charge in [-0.2, -0.15) is 13.2 Å². The molecule has 1 aromatic carbocycles. The largest absolute Gasteiger partial charge is 0.393 e. The molecule has 2 atom stereocenters. The van der Waals surface area contributed by atoms with Crippen LogP contribution < -0.4 is 5.32 Å². The maximum absolute atomic E-state index is 13.7. The fourth-order valence-corrected chi connectivity index (χ4v) is 2.47. The first-order valence-electron chi connectivity index (χ1n) is 5.96. The number of rotatable bonds is 1. The Kier molecular flexibility index (Phi) is 3.61. The zero-order valence-corrected chi connectivity index (χ0v) is 10.0. The molecule has 0 bridgehead atoms. The summed E-state index contributed by atoms with van der Waals surface area (Å²) < 4.78 is 52.5. The fraction of sp³-hybridized carbons (Fsp3) is 0.538. The lowest BCUT2D eigenvalue weighted by Crippen LogP contribution is -2.42. The highest BCUT2D eigenvalue weighted by atomic mass is 19.4. The standard InChI is InChI=1S/C13H15F4N/c1-8-4-5-11(14)9(7-8)12-10(13(15,16)17)3-2-6-18-12/h4-5,7,10,12,18H,2-3,6H2,1H3. The molecule has 1 N–H and O–H groups in total. The summed E-state index contributed by atoms with van der Waals surface area (Å²) in [5.74, 6) is -2.09. The fourth-order valence-electron chi connectivity index (χ4n) is 2.47. The maximum atomic E-state index is 13.7. The molecule has 100 valence electrons. The van der Waals surface area contributed by atoms with Crippen LogP contribution in [0.2, 0.25) is 0 Å². The highest BCUT2D eigenvalue weighted by molar-refractivity contribution is 5.28. The first-order valence-corrected chi connectivity index (χ1v) is 5.96. The lowest BCUT2D eigenvalue weighted by Gasteiger charge is -2.34. The molecule has 2 unspecified atom stereocenters. The van der Waals surface area contributed by atoms with E-state index in [1.165, 1.54) is 12.1 Å². The van der Waals surface area contributed by atoms with Gasteiger partial charge in [-0.05, 0) is 32.4 Å². The van der Waals surface area contributed by atoms with Crippen LogP contribution in [0.1, 0.15) is 30.0 Å². The summed E-state index contributed by atoms with van der Waals surface area (Å²) in [7, 11) is 0. The summed E-state index contributed by atoms with van der Waals surface area (Å²) in [4.78, 5) is 0. The summed E-state index contributed by atoms with van der Waals surface area (Å²) in [5, 5.41) is 2.80. The second kappa shape index (κ2) is 4.88. The minimum atomic E-state index is -4.30. The number of hydrogen-bond acceptors (Lipinski definition) is 1. The van der Waals surface area contributed by atoms with Crippen LogP contribution in [0.3, 0.4) is 0 Å². The van der Waals surface area contributed by atoms with Crippen molar-refractivity contribution in [1.29, 1.82) is 0 Å². The van der Waals surface area contributed by atoms with E-state index < -0.39 is 24.0 Å². The third kappa shape index (κ3) is 2.66. The van der Waals surface area contributed by atoms with Crippen LogP contribution in [0.25, 0.3) is 0 Å². The summed E-state index contributed by atoms with van der Waals surface area (Å²) >= 11 is 0. The van der Waals surface area contributed by atoms with Crippen LogP contribution in [0.4, 0.5) is 17.6 Å². The molecule has 1 aromatic rings. The topological polar surface area (TPSA) is 12.0 Å². The number of hydrogen-bond donors (Lipinski definition) is 1. The molecule has 0 aromatic heterocycles. The predicted octanol–water partition coefficient (Wildman–Crippen LogP) is 3.74. The van der Waals surface area contributed by atoms with Gasteiger partial charge in [-0.15, -0.1) is 0 Å². The minimum absolute atomic E-state index is 0.0501. The molecule has 1 heterocycles. The van der Waals surface area contributed by atoms with E-state index in [4.69, 9.17) is 0 Å². The average Bonchev–Trinajstić information content (AvgIpc) is 2.31. The van der Waals surface area contributed by atoms with Crippen LogP contribution in [0.5, 0.6) is 0 Å². The SMILES string of the molecule is Cc1ccc(F)c(C2NCCCC2C(F)(F)F)c1. The molecule has 0 radical (unpaired) electrons. The van der Waals surface area contributed by atoms with Gasteiger partial charge < -0.3 is 5.32 Å². The van der Waals surface area contributed by atoms with Crippen molar-refractivity contribution in [2.45, 2.75) is 32.0 Å². The second-order valence-corrected chi connectivity index (χ2v) is 4.75. The molecule has 1 aliphatic rings. The molecule has 1 fully saturated rings. The lowest BCUT2D eigenvalue weighted by molar-refractivity contribution is -0.189. The Bertz CT molecular complexity index is 427. The van der Waals surface area contributed by atoms with Gasteiger partial charge in [0.25, 0.3) is 0 Å². The molecule has 1 saturated heterocycles. The Labute approximate surface area is 103 Å². The zero-order valence-electron chi connectivity index (χ0n) is 10.0. The van der Waals surface area contributed by atoms with Crippen molar-refractivity contribution >= 4 is 0 Å². The molecule has 0 spiro atoms. The molecule has 0 amide bonds. The van der Waals surface area contributed by atoms with Gasteiger partial charge in [0.05, 0.1) is 5.92 Å². The Morgan fingerprint density at radius 1 is 1.28 bits per heavy atom. The van der Waals surface area contributed by atoms with Gasteiger partial charge in [-0.25, -0.2) is 4.39 Å². The third-order valence-electron chi connectivity index (χ3n) is 3.37. The summed E-state index contributed by atoms with van der Waals surface area (Å²) in [6.07, 6.45) is -3.78. The first-order chi connectivity index (χ1) is 8.39. The Balaban J connectivity index is 2.37. The monoisotopic (exact) mass is 261 g/mol. The predicted molar refractivity (Wildman–Crippen MR) is 60.7 cm³/mol. The van der Waals surface area contributed by atoms with Gasteiger partial charge in [0.15, 0.2) is 0 Å². The van der Waals surface area contributed by atoms with Gasteiger partial charge in [-0.1, -0.05) is 17.7 Å². The minimum Gasteiger partial charge on any atom is -0.309 e. The van der Waals surface area contributed by atoms with Crippen molar-refractivity contribution in [3.8, 4) is 0 Å². The highest BCUT2D eigenvalue weighted by Crippen LogP contribution is 2.41. The van der Waals surface area contributed by atoms with Crippen LogP contribution in [-0.2, 0) is 0 Å². The molecule has 1 aliphatic heterocycles.